The molecule has 1 aliphatic rings. The fourth-order valence-electron chi connectivity index (χ4n) is 4.34. The molecular formula is C34H38O6. The zero-order chi connectivity index (χ0) is 28.8. The van der Waals surface area contributed by atoms with Crippen LogP contribution in [0.25, 0.3) is 5.57 Å². The monoisotopic (exact) mass is 542 g/mol. The summed E-state index contributed by atoms with van der Waals surface area (Å²) >= 11 is 0. The van der Waals surface area contributed by atoms with Gasteiger partial charge in [-0.15, -0.1) is 6.42 Å². The molecular weight excluding hydrogens is 504 g/mol. The smallest absolute Gasteiger partial charge is 0.348 e. The predicted octanol–water partition coefficient (Wildman–Crippen LogP) is 6.89. The lowest BCUT2D eigenvalue weighted by molar-refractivity contribution is -0.156. The van der Waals surface area contributed by atoms with Crippen LogP contribution in [0.5, 0.6) is 5.75 Å². The van der Waals surface area contributed by atoms with Crippen LogP contribution in [-0.2, 0) is 19.1 Å². The van der Waals surface area contributed by atoms with E-state index >= 15 is 0 Å². The molecule has 40 heavy (non-hydrogen) atoms. The molecule has 0 saturated heterocycles. The molecule has 0 aromatic heterocycles. The molecule has 2 unspecified atom stereocenters. The Labute approximate surface area is 237 Å². The Morgan fingerprint density at radius 1 is 0.950 bits per heavy atom. The first-order valence-electron chi connectivity index (χ1n) is 14.0. The molecule has 6 nitrogen and oxygen atoms in total. The number of rotatable bonds is 15. The maximum atomic E-state index is 13.4. The molecule has 2 aromatic carbocycles. The number of hydrogen-bond acceptors (Lipinski definition) is 6. The van der Waals surface area contributed by atoms with Gasteiger partial charge in [-0.2, -0.15) is 0 Å². The van der Waals surface area contributed by atoms with E-state index in [0.717, 1.165) is 43.2 Å². The Hall–Kier alpha value is -3.95. The summed E-state index contributed by atoms with van der Waals surface area (Å²) in [7, 11) is 0. The topological polar surface area (TPSA) is 78.9 Å². The fourth-order valence-corrected chi connectivity index (χ4v) is 4.34. The van der Waals surface area contributed by atoms with E-state index in [1.807, 2.05) is 55.3 Å². The number of ether oxygens (including phenoxy) is 3. The molecule has 0 radical (unpaired) electrons. The largest absolute Gasteiger partial charge is 0.450 e. The van der Waals surface area contributed by atoms with Gasteiger partial charge in [0.15, 0.2) is 11.7 Å². The van der Waals surface area contributed by atoms with E-state index in [-0.39, 0.29) is 11.3 Å². The van der Waals surface area contributed by atoms with Crippen LogP contribution in [0.1, 0.15) is 81.1 Å². The zero-order valence-corrected chi connectivity index (χ0v) is 23.4. The summed E-state index contributed by atoms with van der Waals surface area (Å²) in [4.78, 5) is 38.1. The lowest BCUT2D eigenvalue weighted by Gasteiger charge is -2.30. The van der Waals surface area contributed by atoms with Crippen LogP contribution in [0, 0.1) is 12.3 Å². The normalized spacial score (nSPS) is 16.9. The Bertz CT molecular complexity index is 1240. The summed E-state index contributed by atoms with van der Waals surface area (Å²) in [6, 6.07) is 16.0. The van der Waals surface area contributed by atoms with Gasteiger partial charge >= 0.3 is 11.9 Å². The van der Waals surface area contributed by atoms with Crippen molar-refractivity contribution in [3.8, 4) is 18.1 Å². The van der Waals surface area contributed by atoms with Gasteiger partial charge in [-0.3, -0.25) is 4.79 Å². The van der Waals surface area contributed by atoms with E-state index < -0.39 is 29.4 Å². The van der Waals surface area contributed by atoms with Gasteiger partial charge in [-0.05, 0) is 66.7 Å². The summed E-state index contributed by atoms with van der Waals surface area (Å²) in [5.41, 5.74) is 1.06. The van der Waals surface area contributed by atoms with Crippen molar-refractivity contribution in [1.29, 1.82) is 0 Å². The number of carbonyl (C=O) groups excluding carboxylic acids is 3. The summed E-state index contributed by atoms with van der Waals surface area (Å²) < 4.78 is 17.3. The van der Waals surface area contributed by atoms with Gasteiger partial charge in [0.05, 0.1) is 5.56 Å². The van der Waals surface area contributed by atoms with Gasteiger partial charge in [-0.1, -0.05) is 82.0 Å². The van der Waals surface area contributed by atoms with Gasteiger partial charge in [0.1, 0.15) is 5.75 Å². The third-order valence-corrected chi connectivity index (χ3v) is 6.77. The molecule has 0 aliphatic heterocycles. The van der Waals surface area contributed by atoms with E-state index in [0.29, 0.717) is 25.9 Å². The second kappa shape index (κ2) is 15.6. The van der Waals surface area contributed by atoms with Crippen molar-refractivity contribution in [2.45, 2.75) is 76.9 Å². The average molecular weight is 543 g/mol. The number of allylic oxidation sites excluding steroid dienone is 2. The van der Waals surface area contributed by atoms with Gasteiger partial charge in [0.2, 0.25) is 5.78 Å². The molecule has 0 N–H and O–H groups in total. The van der Waals surface area contributed by atoms with E-state index in [1.165, 1.54) is 24.3 Å². The fraction of sp³-hybridized carbons (Fsp3) is 0.382. The Kier molecular flexibility index (Phi) is 11.9. The highest BCUT2D eigenvalue weighted by Crippen LogP contribution is 2.32. The van der Waals surface area contributed by atoms with Crippen molar-refractivity contribution in [2.75, 3.05) is 6.61 Å². The van der Waals surface area contributed by atoms with Crippen molar-refractivity contribution < 1.29 is 28.6 Å². The summed E-state index contributed by atoms with van der Waals surface area (Å²) in [6.07, 6.45) is 16.3. The summed E-state index contributed by atoms with van der Waals surface area (Å²) in [5, 5.41) is 0. The van der Waals surface area contributed by atoms with Crippen molar-refractivity contribution in [3.05, 3.63) is 84.0 Å². The SMILES string of the molecule is C#CC(=O)C(CCCC)OC(=O)c1ccc(OC(=O)C2(OCCCCCC)C=CC(c3ccccc3)=CC2)cc1. The van der Waals surface area contributed by atoms with Crippen LogP contribution in [0.15, 0.2) is 72.8 Å². The second-order valence-corrected chi connectivity index (χ2v) is 9.82. The number of terminal acetylenes is 1. The molecule has 2 atom stereocenters. The number of benzene rings is 2. The molecule has 1 aliphatic carbocycles. The van der Waals surface area contributed by atoms with Gasteiger partial charge in [0.25, 0.3) is 0 Å². The van der Waals surface area contributed by atoms with Crippen LogP contribution in [-0.4, -0.2) is 36.0 Å². The van der Waals surface area contributed by atoms with Gasteiger partial charge in [0, 0.05) is 13.0 Å². The standard InChI is InChI=1S/C34H38O6/c1-4-7-9-13-25-38-34(23-21-27(22-24-34)26-14-11-10-12-15-26)33(37)39-29-19-17-28(18-20-29)32(36)40-31(16-8-5-2)30(35)6-3/h3,10-12,14-15,17-23,31H,4-5,7-9,13,16,24-25H2,1-2H3. The predicted molar refractivity (Wildman–Crippen MR) is 156 cm³/mol. The van der Waals surface area contributed by atoms with E-state index in [9.17, 15) is 14.4 Å². The highest BCUT2D eigenvalue weighted by Gasteiger charge is 2.40. The minimum Gasteiger partial charge on any atom is -0.450 e. The molecule has 3 rings (SSSR count). The van der Waals surface area contributed by atoms with Crippen molar-refractivity contribution in [1.82, 2.24) is 0 Å². The first-order chi connectivity index (χ1) is 19.4. The van der Waals surface area contributed by atoms with Crippen LogP contribution in [0.3, 0.4) is 0 Å². The molecule has 6 heteroatoms. The third-order valence-electron chi connectivity index (χ3n) is 6.77. The van der Waals surface area contributed by atoms with Crippen LogP contribution < -0.4 is 4.74 Å². The molecule has 0 saturated carbocycles. The number of esters is 2. The Balaban J connectivity index is 1.69. The first-order valence-corrected chi connectivity index (χ1v) is 14.0. The van der Waals surface area contributed by atoms with Crippen molar-refractivity contribution >= 4 is 23.3 Å². The average Bonchev–Trinajstić information content (AvgIpc) is 2.99. The lowest BCUT2D eigenvalue weighted by atomic mass is 9.89. The molecule has 0 amide bonds. The molecule has 0 spiro atoms. The molecule has 2 aromatic rings. The maximum absolute atomic E-state index is 13.4. The maximum Gasteiger partial charge on any atom is 0.348 e. The summed E-state index contributed by atoms with van der Waals surface area (Å²) in [6.45, 7) is 4.56. The molecule has 210 valence electrons. The number of hydrogen-bond donors (Lipinski definition) is 0. The highest BCUT2D eigenvalue weighted by molar-refractivity contribution is 6.00. The molecule has 0 fully saturated rings. The van der Waals surface area contributed by atoms with E-state index in [2.05, 4.69) is 6.92 Å². The number of carbonyl (C=O) groups is 3. The summed E-state index contributed by atoms with van der Waals surface area (Å²) in [5.74, 6) is 0.553. The molecule has 0 bridgehead atoms. The third kappa shape index (κ3) is 8.53. The van der Waals surface area contributed by atoms with Gasteiger partial charge in [-0.25, -0.2) is 9.59 Å². The van der Waals surface area contributed by atoms with Crippen molar-refractivity contribution in [2.24, 2.45) is 0 Å². The van der Waals surface area contributed by atoms with Crippen LogP contribution in [0.4, 0.5) is 0 Å². The first kappa shape index (κ1) is 30.6. The second-order valence-electron chi connectivity index (χ2n) is 9.82. The minimum absolute atomic E-state index is 0.223. The Morgan fingerprint density at radius 2 is 1.68 bits per heavy atom. The lowest BCUT2D eigenvalue weighted by Crippen LogP contribution is -2.43. The highest BCUT2D eigenvalue weighted by atomic mass is 16.6. The molecule has 0 heterocycles. The van der Waals surface area contributed by atoms with Crippen LogP contribution >= 0.6 is 0 Å². The quantitative estimate of drug-likeness (QED) is 0.0802. The van der Waals surface area contributed by atoms with E-state index in [4.69, 9.17) is 20.6 Å². The van der Waals surface area contributed by atoms with Gasteiger partial charge < -0.3 is 14.2 Å². The number of Topliss-reactive ketones (excluding diaryl/α,β-unsaturated/α-hetero) is 1. The van der Waals surface area contributed by atoms with E-state index in [1.54, 1.807) is 6.08 Å². The van der Waals surface area contributed by atoms with Crippen molar-refractivity contribution in [3.63, 3.8) is 0 Å². The minimum atomic E-state index is -1.25. The number of unbranched alkanes of at least 4 members (excludes halogenated alkanes) is 4. The zero-order valence-electron chi connectivity index (χ0n) is 23.4. The van der Waals surface area contributed by atoms with Crippen LogP contribution in [0.2, 0.25) is 0 Å². The Morgan fingerprint density at radius 3 is 2.30 bits per heavy atom. The number of ketones is 1.